The van der Waals surface area contributed by atoms with Crippen LogP contribution in [0.5, 0.6) is 0 Å². The first-order valence-electron chi connectivity index (χ1n) is 6.14. The standard InChI is InChI=1S/C13H21NO2/c1-13(2,3)16-12(15)14-8-10-6-4-5-9-7-11(9)10/h7,9-10H,4-6,8H2,1-3H3,(H,14,15)/t9?,10-/m1/s1. The van der Waals surface area contributed by atoms with Crippen molar-refractivity contribution in [1.29, 1.82) is 0 Å². The number of alkyl carbamates (subject to hydrolysis) is 1. The number of carbonyl (C=O) groups is 1. The third-order valence-corrected chi connectivity index (χ3v) is 3.14. The Morgan fingerprint density at radius 2 is 2.25 bits per heavy atom. The zero-order valence-corrected chi connectivity index (χ0v) is 10.4. The lowest BCUT2D eigenvalue weighted by molar-refractivity contribution is 0.0520. The van der Waals surface area contributed by atoms with E-state index in [1.165, 1.54) is 19.3 Å². The number of rotatable bonds is 2. The molecule has 2 rings (SSSR count). The second-order valence-electron chi connectivity index (χ2n) is 5.78. The number of nitrogens with one attached hydrogen (secondary N) is 1. The zero-order valence-electron chi connectivity index (χ0n) is 10.4. The fourth-order valence-corrected chi connectivity index (χ4v) is 2.36. The summed E-state index contributed by atoms with van der Waals surface area (Å²) in [5, 5.41) is 2.86. The van der Waals surface area contributed by atoms with Crippen molar-refractivity contribution in [3.63, 3.8) is 0 Å². The number of fused-ring (bicyclic) bond motifs is 1. The summed E-state index contributed by atoms with van der Waals surface area (Å²) in [6.45, 7) is 6.38. The molecule has 1 saturated carbocycles. The van der Waals surface area contributed by atoms with Gasteiger partial charge in [0.15, 0.2) is 0 Å². The predicted octanol–water partition coefficient (Wildman–Crippen LogP) is 2.87. The summed E-state index contributed by atoms with van der Waals surface area (Å²) >= 11 is 0. The molecule has 1 unspecified atom stereocenters. The molecule has 0 saturated heterocycles. The van der Waals surface area contributed by atoms with Crippen LogP contribution in [0.1, 0.15) is 40.0 Å². The fraction of sp³-hybridized carbons (Fsp3) is 0.769. The van der Waals surface area contributed by atoms with Gasteiger partial charge in [-0.3, -0.25) is 0 Å². The maximum atomic E-state index is 11.5. The lowest BCUT2D eigenvalue weighted by atomic mass is 9.89. The minimum absolute atomic E-state index is 0.295. The van der Waals surface area contributed by atoms with Gasteiger partial charge in [-0.25, -0.2) is 4.79 Å². The first-order valence-corrected chi connectivity index (χ1v) is 6.14. The van der Waals surface area contributed by atoms with E-state index in [1.807, 2.05) is 20.8 Å². The Kier molecular flexibility index (Phi) is 2.96. The van der Waals surface area contributed by atoms with Crippen LogP contribution in [0.3, 0.4) is 0 Å². The molecule has 0 aliphatic heterocycles. The van der Waals surface area contributed by atoms with Gasteiger partial charge in [-0.2, -0.15) is 0 Å². The minimum atomic E-state index is -0.405. The molecule has 0 radical (unpaired) electrons. The van der Waals surface area contributed by atoms with Crippen molar-refractivity contribution in [2.45, 2.75) is 45.6 Å². The molecule has 3 nitrogen and oxygen atoms in total. The Morgan fingerprint density at radius 3 is 2.94 bits per heavy atom. The summed E-state index contributed by atoms with van der Waals surface area (Å²) < 4.78 is 5.21. The minimum Gasteiger partial charge on any atom is -0.444 e. The average Bonchev–Trinajstić information content (AvgIpc) is 2.90. The molecule has 2 aliphatic carbocycles. The molecule has 1 fully saturated rings. The summed E-state index contributed by atoms with van der Waals surface area (Å²) in [6.07, 6.45) is 5.85. The quantitative estimate of drug-likeness (QED) is 0.731. The number of hydrogen-bond donors (Lipinski definition) is 1. The maximum absolute atomic E-state index is 11.5. The van der Waals surface area contributed by atoms with E-state index in [0.717, 1.165) is 12.5 Å². The number of hydrogen-bond acceptors (Lipinski definition) is 2. The molecule has 0 heterocycles. The van der Waals surface area contributed by atoms with Crippen molar-refractivity contribution in [3.8, 4) is 0 Å². The topological polar surface area (TPSA) is 38.3 Å². The fourth-order valence-electron chi connectivity index (χ4n) is 2.36. The first-order chi connectivity index (χ1) is 7.46. The van der Waals surface area contributed by atoms with Gasteiger partial charge in [0.1, 0.15) is 5.60 Å². The largest absolute Gasteiger partial charge is 0.444 e. The summed E-state index contributed by atoms with van der Waals surface area (Å²) in [4.78, 5) is 11.5. The number of carbonyl (C=O) groups excluding carboxylic acids is 1. The van der Waals surface area contributed by atoms with Crippen LogP contribution in [0.4, 0.5) is 4.79 Å². The molecule has 1 amide bonds. The molecule has 0 bridgehead atoms. The SMILES string of the molecule is CC(C)(C)OC(=O)NC[C@H]1CCCC2C=C21. The summed E-state index contributed by atoms with van der Waals surface area (Å²) in [7, 11) is 0. The molecule has 90 valence electrons. The highest BCUT2D eigenvalue weighted by atomic mass is 16.6. The Morgan fingerprint density at radius 1 is 1.50 bits per heavy atom. The number of allylic oxidation sites excluding steroid dienone is 1. The van der Waals surface area contributed by atoms with Gasteiger partial charge in [-0.1, -0.05) is 18.1 Å². The van der Waals surface area contributed by atoms with Crippen LogP contribution in [0, 0.1) is 11.8 Å². The molecule has 0 spiro atoms. The molecule has 16 heavy (non-hydrogen) atoms. The van der Waals surface area contributed by atoms with E-state index in [9.17, 15) is 4.79 Å². The Labute approximate surface area is 97.2 Å². The number of ether oxygens (including phenoxy) is 1. The second-order valence-corrected chi connectivity index (χ2v) is 5.78. The normalized spacial score (nSPS) is 27.8. The second kappa shape index (κ2) is 4.11. The Bertz CT molecular complexity index is 314. The zero-order chi connectivity index (χ0) is 11.8. The van der Waals surface area contributed by atoms with E-state index in [1.54, 1.807) is 5.57 Å². The van der Waals surface area contributed by atoms with Crippen LogP contribution >= 0.6 is 0 Å². The van der Waals surface area contributed by atoms with Crippen LogP contribution in [0.2, 0.25) is 0 Å². The van der Waals surface area contributed by atoms with Gasteiger partial charge < -0.3 is 10.1 Å². The van der Waals surface area contributed by atoms with Crippen LogP contribution in [-0.4, -0.2) is 18.2 Å². The van der Waals surface area contributed by atoms with E-state index >= 15 is 0 Å². The van der Waals surface area contributed by atoms with E-state index in [2.05, 4.69) is 11.4 Å². The molecule has 2 aliphatic rings. The molecule has 0 aromatic rings. The van der Waals surface area contributed by atoms with Crippen molar-refractivity contribution >= 4 is 6.09 Å². The lowest BCUT2D eigenvalue weighted by Crippen LogP contribution is -2.35. The molecule has 3 heteroatoms. The maximum Gasteiger partial charge on any atom is 0.407 e. The monoisotopic (exact) mass is 223 g/mol. The highest BCUT2D eigenvalue weighted by molar-refractivity contribution is 5.67. The van der Waals surface area contributed by atoms with Gasteiger partial charge in [0.25, 0.3) is 0 Å². The highest BCUT2D eigenvalue weighted by Gasteiger charge is 2.35. The van der Waals surface area contributed by atoms with Crippen LogP contribution in [0.25, 0.3) is 0 Å². The van der Waals surface area contributed by atoms with Gasteiger partial charge in [-0.05, 0) is 45.4 Å². The molecule has 1 N–H and O–H groups in total. The smallest absolute Gasteiger partial charge is 0.407 e. The molecular weight excluding hydrogens is 202 g/mol. The van der Waals surface area contributed by atoms with Gasteiger partial charge in [0.05, 0.1) is 0 Å². The molecule has 2 atom stereocenters. The molecular formula is C13H21NO2. The number of amides is 1. The third kappa shape index (κ3) is 3.00. The van der Waals surface area contributed by atoms with Gasteiger partial charge >= 0.3 is 6.09 Å². The summed E-state index contributed by atoms with van der Waals surface area (Å²) in [5.74, 6) is 1.32. The summed E-state index contributed by atoms with van der Waals surface area (Å²) in [6, 6.07) is 0. The van der Waals surface area contributed by atoms with Crippen LogP contribution in [0.15, 0.2) is 11.6 Å². The van der Waals surface area contributed by atoms with Crippen molar-refractivity contribution in [3.05, 3.63) is 11.6 Å². The molecule has 0 aromatic heterocycles. The van der Waals surface area contributed by atoms with Gasteiger partial charge in [0, 0.05) is 6.54 Å². The van der Waals surface area contributed by atoms with E-state index < -0.39 is 5.60 Å². The van der Waals surface area contributed by atoms with Gasteiger partial charge in [-0.15, -0.1) is 0 Å². The van der Waals surface area contributed by atoms with E-state index in [4.69, 9.17) is 4.74 Å². The average molecular weight is 223 g/mol. The molecule has 0 aromatic carbocycles. The van der Waals surface area contributed by atoms with Crippen molar-refractivity contribution in [1.82, 2.24) is 5.32 Å². The van der Waals surface area contributed by atoms with E-state index in [-0.39, 0.29) is 6.09 Å². The third-order valence-electron chi connectivity index (χ3n) is 3.14. The highest BCUT2D eigenvalue weighted by Crippen LogP contribution is 2.45. The first kappa shape index (κ1) is 11.5. The van der Waals surface area contributed by atoms with Crippen molar-refractivity contribution < 1.29 is 9.53 Å². The lowest BCUT2D eigenvalue weighted by Gasteiger charge is -2.23. The van der Waals surface area contributed by atoms with Crippen LogP contribution in [-0.2, 0) is 4.74 Å². The van der Waals surface area contributed by atoms with Crippen molar-refractivity contribution in [2.75, 3.05) is 6.54 Å². The van der Waals surface area contributed by atoms with E-state index in [0.29, 0.717) is 5.92 Å². The Balaban J connectivity index is 1.71. The van der Waals surface area contributed by atoms with Gasteiger partial charge in [0.2, 0.25) is 0 Å². The Hall–Kier alpha value is -0.990. The van der Waals surface area contributed by atoms with Crippen LogP contribution < -0.4 is 5.32 Å². The predicted molar refractivity (Wildman–Crippen MR) is 63.2 cm³/mol. The summed E-state index contributed by atoms with van der Waals surface area (Å²) in [5.41, 5.74) is 1.15. The van der Waals surface area contributed by atoms with Crippen molar-refractivity contribution in [2.24, 2.45) is 11.8 Å².